The summed E-state index contributed by atoms with van der Waals surface area (Å²) in [6.45, 7) is 12.3. The fourth-order valence-electron chi connectivity index (χ4n) is 1.24. The normalized spacial score (nSPS) is 12.3. The number of carbonyl (C=O) groups is 1. The zero-order chi connectivity index (χ0) is 14.7. The molecule has 108 valence electrons. The van der Waals surface area contributed by atoms with Gasteiger partial charge in [-0.1, -0.05) is 20.8 Å². The van der Waals surface area contributed by atoms with Gasteiger partial charge in [0.25, 0.3) is 0 Å². The van der Waals surface area contributed by atoms with Crippen LogP contribution in [0.15, 0.2) is 5.38 Å². The van der Waals surface area contributed by atoms with Crippen LogP contribution in [-0.4, -0.2) is 16.7 Å². The van der Waals surface area contributed by atoms with Gasteiger partial charge in [0.15, 0.2) is 0 Å². The second-order valence-electron chi connectivity index (χ2n) is 6.37. The molecule has 1 heterocycles. The maximum absolute atomic E-state index is 11.4. The molecule has 19 heavy (non-hydrogen) atoms. The lowest BCUT2D eigenvalue weighted by Gasteiger charge is -2.19. The number of amides is 1. The first-order chi connectivity index (χ1) is 8.58. The van der Waals surface area contributed by atoms with Crippen molar-refractivity contribution in [3.63, 3.8) is 0 Å². The molecule has 0 saturated heterocycles. The van der Waals surface area contributed by atoms with Crippen LogP contribution in [0.25, 0.3) is 0 Å². The summed E-state index contributed by atoms with van der Waals surface area (Å²) in [5, 5.41) is 3.08. The number of hydrazine groups is 1. The third-order valence-corrected chi connectivity index (χ3v) is 3.37. The molecule has 0 aliphatic carbocycles. The van der Waals surface area contributed by atoms with E-state index in [0.29, 0.717) is 6.54 Å². The predicted molar refractivity (Wildman–Crippen MR) is 77.0 cm³/mol. The molecule has 1 rings (SSSR count). The van der Waals surface area contributed by atoms with Gasteiger partial charge in [0.2, 0.25) is 0 Å². The molecule has 0 bridgehead atoms. The maximum Gasteiger partial charge on any atom is 0.422 e. The van der Waals surface area contributed by atoms with Crippen LogP contribution >= 0.6 is 11.3 Å². The molecule has 0 unspecified atom stereocenters. The van der Waals surface area contributed by atoms with E-state index < -0.39 is 11.7 Å². The lowest BCUT2D eigenvalue weighted by atomic mass is 9.98. The van der Waals surface area contributed by atoms with Crippen LogP contribution in [0.3, 0.4) is 0 Å². The van der Waals surface area contributed by atoms with E-state index in [0.717, 1.165) is 10.7 Å². The molecular weight excluding hydrogens is 262 g/mol. The van der Waals surface area contributed by atoms with Gasteiger partial charge in [0.1, 0.15) is 5.60 Å². The molecule has 1 amide bonds. The number of hydrogen-bond acceptors (Lipinski definition) is 5. The number of hydrogen-bond donors (Lipinski definition) is 2. The lowest BCUT2D eigenvalue weighted by Crippen LogP contribution is -2.40. The number of thiazole rings is 1. The summed E-state index contributed by atoms with van der Waals surface area (Å²) in [5.74, 6) is 0. The van der Waals surface area contributed by atoms with Gasteiger partial charge < -0.3 is 4.74 Å². The van der Waals surface area contributed by atoms with Crippen LogP contribution in [0.5, 0.6) is 0 Å². The van der Waals surface area contributed by atoms with Gasteiger partial charge in [0.05, 0.1) is 17.2 Å². The van der Waals surface area contributed by atoms with E-state index in [9.17, 15) is 4.79 Å². The molecule has 0 aliphatic heterocycles. The van der Waals surface area contributed by atoms with E-state index in [1.165, 1.54) is 0 Å². The summed E-state index contributed by atoms with van der Waals surface area (Å²) in [7, 11) is 0. The Labute approximate surface area is 118 Å². The first-order valence-electron chi connectivity index (χ1n) is 6.25. The molecule has 1 aromatic rings. The molecule has 6 heteroatoms. The van der Waals surface area contributed by atoms with Gasteiger partial charge in [-0.15, -0.1) is 11.3 Å². The Hall–Kier alpha value is -1.14. The van der Waals surface area contributed by atoms with Gasteiger partial charge >= 0.3 is 6.09 Å². The highest BCUT2D eigenvalue weighted by Crippen LogP contribution is 2.25. The topological polar surface area (TPSA) is 63.2 Å². The molecule has 5 nitrogen and oxygen atoms in total. The van der Waals surface area contributed by atoms with Crippen LogP contribution in [0.4, 0.5) is 4.79 Å². The Kier molecular flexibility index (Phi) is 4.92. The van der Waals surface area contributed by atoms with Crippen LogP contribution < -0.4 is 10.9 Å². The zero-order valence-electron chi connectivity index (χ0n) is 12.5. The van der Waals surface area contributed by atoms with Crippen molar-refractivity contribution in [1.82, 2.24) is 15.8 Å². The minimum Gasteiger partial charge on any atom is -0.443 e. The van der Waals surface area contributed by atoms with Crippen molar-refractivity contribution < 1.29 is 9.53 Å². The average Bonchev–Trinajstić information content (AvgIpc) is 2.62. The van der Waals surface area contributed by atoms with E-state index in [1.807, 2.05) is 26.2 Å². The minimum atomic E-state index is -0.494. The van der Waals surface area contributed by atoms with Crippen molar-refractivity contribution in [2.75, 3.05) is 0 Å². The Bertz CT molecular complexity index is 430. The fraction of sp³-hybridized carbons (Fsp3) is 0.692. The summed E-state index contributed by atoms with van der Waals surface area (Å²) in [6.07, 6.45) is -0.487. The average molecular weight is 285 g/mol. The van der Waals surface area contributed by atoms with Crippen molar-refractivity contribution in [3.05, 3.63) is 16.1 Å². The molecule has 1 aromatic heterocycles. The van der Waals surface area contributed by atoms with Crippen LogP contribution in [-0.2, 0) is 16.7 Å². The van der Waals surface area contributed by atoms with Gasteiger partial charge in [-0.3, -0.25) is 5.43 Å². The second-order valence-corrected chi connectivity index (χ2v) is 7.23. The highest BCUT2D eigenvalue weighted by molar-refractivity contribution is 7.09. The monoisotopic (exact) mass is 285 g/mol. The molecule has 0 radical (unpaired) electrons. The minimum absolute atomic E-state index is 0.0571. The molecule has 0 atom stereocenters. The standard InChI is InChI=1S/C13H23N3O2S/c1-12(2,3)10-15-9(8-19-10)7-14-16-11(17)18-13(4,5)6/h8,14H,7H2,1-6H3,(H,16,17). The predicted octanol–water partition coefficient (Wildman–Crippen LogP) is 2.97. The molecule has 0 aliphatic rings. The first kappa shape index (κ1) is 15.9. The largest absolute Gasteiger partial charge is 0.443 e. The lowest BCUT2D eigenvalue weighted by molar-refractivity contribution is 0.0497. The highest BCUT2D eigenvalue weighted by Gasteiger charge is 2.18. The Balaban J connectivity index is 2.38. The Morgan fingerprint density at radius 1 is 1.32 bits per heavy atom. The smallest absolute Gasteiger partial charge is 0.422 e. The van der Waals surface area contributed by atoms with E-state index in [2.05, 4.69) is 36.6 Å². The van der Waals surface area contributed by atoms with Crippen LogP contribution in [0.1, 0.15) is 52.2 Å². The summed E-state index contributed by atoms with van der Waals surface area (Å²) >= 11 is 1.63. The van der Waals surface area contributed by atoms with Crippen molar-refractivity contribution in [1.29, 1.82) is 0 Å². The Morgan fingerprint density at radius 3 is 2.42 bits per heavy atom. The number of nitrogens with zero attached hydrogens (tertiary/aromatic N) is 1. The molecule has 0 spiro atoms. The number of aromatic nitrogens is 1. The van der Waals surface area contributed by atoms with Crippen LogP contribution in [0.2, 0.25) is 0 Å². The molecule has 0 saturated carbocycles. The number of ether oxygens (including phenoxy) is 1. The summed E-state index contributed by atoms with van der Waals surface area (Å²) in [5.41, 5.74) is 5.77. The molecule has 0 fully saturated rings. The van der Waals surface area contributed by atoms with Crippen molar-refractivity contribution >= 4 is 17.4 Å². The number of carbonyl (C=O) groups excluding carboxylic acids is 1. The SMILES string of the molecule is CC(C)(C)OC(=O)NNCc1csc(C(C)(C)C)n1. The third-order valence-electron chi connectivity index (χ3n) is 2.05. The van der Waals surface area contributed by atoms with Crippen molar-refractivity contribution in [2.24, 2.45) is 0 Å². The fourth-order valence-corrected chi connectivity index (χ4v) is 2.15. The van der Waals surface area contributed by atoms with E-state index in [4.69, 9.17) is 4.74 Å². The number of nitrogens with one attached hydrogen (secondary N) is 2. The maximum atomic E-state index is 11.4. The highest BCUT2D eigenvalue weighted by atomic mass is 32.1. The third kappa shape index (κ3) is 6.02. The Morgan fingerprint density at radius 2 is 1.95 bits per heavy atom. The summed E-state index contributed by atoms with van der Waals surface area (Å²) in [4.78, 5) is 15.9. The number of rotatable bonds is 3. The van der Waals surface area contributed by atoms with Crippen molar-refractivity contribution in [3.8, 4) is 0 Å². The van der Waals surface area contributed by atoms with E-state index >= 15 is 0 Å². The molecule has 0 aromatic carbocycles. The second kappa shape index (κ2) is 5.88. The van der Waals surface area contributed by atoms with Gasteiger partial charge in [-0.2, -0.15) is 0 Å². The molecular formula is C13H23N3O2S. The van der Waals surface area contributed by atoms with Gasteiger partial charge in [-0.05, 0) is 20.8 Å². The summed E-state index contributed by atoms with van der Waals surface area (Å²) in [6, 6.07) is 0. The van der Waals surface area contributed by atoms with E-state index in [-0.39, 0.29) is 5.41 Å². The quantitative estimate of drug-likeness (QED) is 0.838. The molecule has 2 N–H and O–H groups in total. The van der Waals surface area contributed by atoms with E-state index in [1.54, 1.807) is 11.3 Å². The van der Waals surface area contributed by atoms with Crippen LogP contribution in [0, 0.1) is 0 Å². The van der Waals surface area contributed by atoms with Crippen molar-refractivity contribution in [2.45, 2.75) is 59.1 Å². The summed E-state index contributed by atoms with van der Waals surface area (Å²) < 4.78 is 5.10. The zero-order valence-corrected chi connectivity index (χ0v) is 13.3. The van der Waals surface area contributed by atoms with Gasteiger partial charge in [0, 0.05) is 10.8 Å². The van der Waals surface area contributed by atoms with Gasteiger partial charge in [-0.25, -0.2) is 15.2 Å². The first-order valence-corrected chi connectivity index (χ1v) is 7.12.